The number of H-pyrrole nitrogens is 1. The van der Waals surface area contributed by atoms with Gasteiger partial charge >= 0.3 is 5.97 Å². The first-order valence-corrected chi connectivity index (χ1v) is 5.35. The van der Waals surface area contributed by atoms with E-state index in [9.17, 15) is 14.9 Å². The van der Waals surface area contributed by atoms with Gasteiger partial charge in [0.1, 0.15) is 5.52 Å². The van der Waals surface area contributed by atoms with Crippen LogP contribution in [-0.4, -0.2) is 26.0 Å². The van der Waals surface area contributed by atoms with Crippen molar-refractivity contribution in [1.82, 2.24) is 9.97 Å². The van der Waals surface area contributed by atoms with Gasteiger partial charge in [-0.15, -0.1) is 0 Å². The topological polar surface area (TPSA) is 109 Å². The second kappa shape index (κ2) is 3.77. The monoisotopic (exact) mass is 257 g/mol. The zero-order chi connectivity index (χ0) is 13.6. The van der Waals surface area contributed by atoms with Crippen molar-refractivity contribution in [2.45, 2.75) is 0 Å². The average molecular weight is 257 g/mol. The summed E-state index contributed by atoms with van der Waals surface area (Å²) in [5.41, 5.74) is 0.691. The molecular weight excluding hydrogens is 250 g/mol. The number of hydrogen-bond donors (Lipinski definition) is 2. The lowest BCUT2D eigenvalue weighted by molar-refractivity contribution is -0.383. The van der Waals surface area contributed by atoms with E-state index < -0.39 is 10.9 Å². The number of aromatic carboxylic acids is 1. The fraction of sp³-hybridized carbons (Fsp3) is 0. The van der Waals surface area contributed by atoms with Crippen molar-refractivity contribution in [3.05, 3.63) is 46.3 Å². The van der Waals surface area contributed by atoms with Crippen LogP contribution in [0.15, 0.2) is 30.6 Å². The molecular formula is C12H7N3O4. The van der Waals surface area contributed by atoms with Crippen LogP contribution in [0.4, 0.5) is 5.69 Å². The fourth-order valence-electron chi connectivity index (χ4n) is 2.17. The van der Waals surface area contributed by atoms with Crippen molar-refractivity contribution < 1.29 is 14.8 Å². The first kappa shape index (κ1) is 11.1. The third kappa shape index (κ3) is 1.52. The molecule has 94 valence electrons. The molecule has 2 N–H and O–H groups in total. The Kier molecular flexibility index (Phi) is 2.21. The van der Waals surface area contributed by atoms with E-state index in [1.807, 2.05) is 0 Å². The Hall–Kier alpha value is -2.96. The number of rotatable bonds is 2. The highest BCUT2D eigenvalue weighted by molar-refractivity contribution is 6.17. The lowest BCUT2D eigenvalue weighted by atomic mass is 10.1. The minimum absolute atomic E-state index is 0.0178. The van der Waals surface area contributed by atoms with Crippen molar-refractivity contribution in [3.63, 3.8) is 0 Å². The van der Waals surface area contributed by atoms with Gasteiger partial charge < -0.3 is 10.1 Å². The van der Waals surface area contributed by atoms with Gasteiger partial charge in [0.05, 0.1) is 22.2 Å². The maximum absolute atomic E-state index is 11.2. The number of nitrogens with zero attached hydrogens (tertiary/aromatic N) is 2. The molecule has 1 aromatic carbocycles. The van der Waals surface area contributed by atoms with E-state index in [0.717, 1.165) is 0 Å². The number of fused-ring (bicyclic) bond motifs is 3. The Morgan fingerprint density at radius 2 is 2.16 bits per heavy atom. The maximum atomic E-state index is 11.2. The molecule has 0 atom stereocenters. The number of aromatic amines is 1. The summed E-state index contributed by atoms with van der Waals surface area (Å²) in [6, 6.07) is 4.54. The molecule has 0 aliphatic carbocycles. The molecule has 0 aliphatic rings. The third-order valence-corrected chi connectivity index (χ3v) is 2.94. The summed E-state index contributed by atoms with van der Waals surface area (Å²) in [5.74, 6) is -1.12. The first-order valence-electron chi connectivity index (χ1n) is 5.35. The zero-order valence-corrected chi connectivity index (χ0v) is 9.45. The molecule has 7 heteroatoms. The highest BCUT2D eigenvalue weighted by Crippen LogP contribution is 2.32. The summed E-state index contributed by atoms with van der Waals surface area (Å²) >= 11 is 0. The predicted octanol–water partition coefficient (Wildman–Crippen LogP) is 2.32. The maximum Gasteiger partial charge on any atom is 0.337 e. The van der Waals surface area contributed by atoms with Crippen molar-refractivity contribution in [1.29, 1.82) is 0 Å². The number of hydrogen-bond acceptors (Lipinski definition) is 4. The van der Waals surface area contributed by atoms with Gasteiger partial charge in [-0.3, -0.25) is 15.1 Å². The summed E-state index contributed by atoms with van der Waals surface area (Å²) < 4.78 is 0. The van der Waals surface area contributed by atoms with Crippen LogP contribution in [0, 0.1) is 10.1 Å². The fourth-order valence-corrected chi connectivity index (χ4v) is 2.17. The molecule has 0 fully saturated rings. The van der Waals surface area contributed by atoms with Crippen molar-refractivity contribution in [3.8, 4) is 0 Å². The van der Waals surface area contributed by atoms with E-state index in [1.54, 1.807) is 6.07 Å². The number of nitro groups is 1. The largest absolute Gasteiger partial charge is 0.478 e. The summed E-state index contributed by atoms with van der Waals surface area (Å²) in [5, 5.41) is 21.1. The Balaban J connectivity index is 2.54. The van der Waals surface area contributed by atoms with Gasteiger partial charge in [-0.2, -0.15) is 0 Å². The van der Waals surface area contributed by atoms with Crippen LogP contribution in [0.3, 0.4) is 0 Å². The highest BCUT2D eigenvalue weighted by atomic mass is 16.6. The van der Waals surface area contributed by atoms with E-state index in [-0.39, 0.29) is 11.3 Å². The van der Waals surface area contributed by atoms with Crippen LogP contribution >= 0.6 is 0 Å². The van der Waals surface area contributed by atoms with E-state index >= 15 is 0 Å². The number of carboxylic acid groups (broad SMARTS) is 1. The Labute approximate surface area is 105 Å². The molecule has 2 heterocycles. The molecule has 0 spiro atoms. The highest BCUT2D eigenvalue weighted by Gasteiger charge is 2.19. The van der Waals surface area contributed by atoms with Gasteiger partial charge in [0.2, 0.25) is 0 Å². The van der Waals surface area contributed by atoms with Crippen LogP contribution in [0.1, 0.15) is 10.4 Å². The molecule has 2 aromatic heterocycles. The van der Waals surface area contributed by atoms with Gasteiger partial charge in [0, 0.05) is 23.0 Å². The Bertz CT molecular complexity index is 837. The minimum Gasteiger partial charge on any atom is -0.478 e. The number of carbonyl (C=O) groups is 1. The molecule has 0 bridgehead atoms. The van der Waals surface area contributed by atoms with Gasteiger partial charge in [-0.25, -0.2) is 4.79 Å². The average Bonchev–Trinajstić information content (AvgIpc) is 2.76. The predicted molar refractivity (Wildman–Crippen MR) is 67.2 cm³/mol. The smallest absolute Gasteiger partial charge is 0.337 e. The van der Waals surface area contributed by atoms with Crippen LogP contribution < -0.4 is 0 Å². The van der Waals surface area contributed by atoms with Crippen molar-refractivity contribution >= 4 is 33.5 Å². The third-order valence-electron chi connectivity index (χ3n) is 2.94. The molecule has 3 aromatic rings. The van der Waals surface area contributed by atoms with Crippen molar-refractivity contribution in [2.75, 3.05) is 0 Å². The molecule has 0 radical (unpaired) electrons. The summed E-state index contributed by atoms with van der Waals surface area (Å²) in [7, 11) is 0. The molecule has 0 amide bonds. The summed E-state index contributed by atoms with van der Waals surface area (Å²) in [6.45, 7) is 0. The quantitative estimate of drug-likeness (QED) is 0.540. The molecule has 19 heavy (non-hydrogen) atoms. The summed E-state index contributed by atoms with van der Waals surface area (Å²) in [4.78, 5) is 28.3. The lowest BCUT2D eigenvalue weighted by Crippen LogP contribution is -1.97. The Morgan fingerprint density at radius 3 is 2.84 bits per heavy atom. The van der Waals surface area contributed by atoms with Gasteiger partial charge in [-0.1, -0.05) is 12.1 Å². The number of carboxylic acids is 1. The molecule has 0 aliphatic heterocycles. The second-order valence-electron chi connectivity index (χ2n) is 4.00. The molecule has 3 rings (SSSR count). The number of aromatic nitrogens is 2. The lowest BCUT2D eigenvalue weighted by Gasteiger charge is -1.97. The standard InChI is InChI=1S/C12H7N3O4/c16-12(17)7-4-13-5-8-10(7)6-2-1-3-9(15(18)19)11(6)14-8/h1-5,14H,(H,16,17). The van der Waals surface area contributed by atoms with Crippen LogP contribution in [0.2, 0.25) is 0 Å². The molecule has 7 nitrogen and oxygen atoms in total. The molecule has 0 unspecified atom stereocenters. The SMILES string of the molecule is O=C(O)c1cncc2[nH]c3c([N+](=O)[O-])cccc3c12. The summed E-state index contributed by atoms with van der Waals surface area (Å²) in [6.07, 6.45) is 2.68. The van der Waals surface area contributed by atoms with Gasteiger partial charge in [-0.05, 0) is 0 Å². The van der Waals surface area contributed by atoms with Gasteiger partial charge in [0.15, 0.2) is 0 Å². The first-order chi connectivity index (χ1) is 9.09. The number of para-hydroxylation sites is 1. The number of nitro benzene ring substituents is 1. The number of non-ortho nitro benzene ring substituents is 1. The van der Waals surface area contributed by atoms with Crippen LogP contribution in [0.5, 0.6) is 0 Å². The number of benzene rings is 1. The van der Waals surface area contributed by atoms with Crippen LogP contribution in [-0.2, 0) is 0 Å². The van der Waals surface area contributed by atoms with Crippen molar-refractivity contribution in [2.24, 2.45) is 0 Å². The molecule has 0 saturated carbocycles. The Morgan fingerprint density at radius 1 is 1.37 bits per heavy atom. The van der Waals surface area contributed by atoms with Crippen LogP contribution in [0.25, 0.3) is 21.8 Å². The zero-order valence-electron chi connectivity index (χ0n) is 9.45. The second-order valence-corrected chi connectivity index (χ2v) is 4.00. The van der Waals surface area contributed by atoms with E-state index in [1.165, 1.54) is 24.5 Å². The normalized spacial score (nSPS) is 10.9. The number of nitrogens with one attached hydrogen (secondary N) is 1. The van der Waals surface area contributed by atoms with E-state index in [0.29, 0.717) is 21.8 Å². The van der Waals surface area contributed by atoms with E-state index in [2.05, 4.69) is 9.97 Å². The molecule has 0 saturated heterocycles. The van der Waals surface area contributed by atoms with Gasteiger partial charge in [0.25, 0.3) is 5.69 Å². The number of pyridine rings is 1. The van der Waals surface area contributed by atoms with E-state index in [4.69, 9.17) is 5.11 Å². The minimum atomic E-state index is -1.12.